The number of carboxylic acid groups (broad SMARTS) is 2. The minimum atomic E-state index is -0.947. The molecule has 4 aromatic rings. The number of ketones is 1. The zero-order valence-corrected chi connectivity index (χ0v) is 31.9. The zero-order valence-electron chi connectivity index (χ0n) is 25.7. The summed E-state index contributed by atoms with van der Waals surface area (Å²) in [4.78, 5) is 44.9. The van der Waals surface area contributed by atoms with E-state index >= 15 is 0 Å². The normalized spacial score (nSPS) is 11.4. The molecule has 2 heterocycles. The van der Waals surface area contributed by atoms with Crippen molar-refractivity contribution in [1.29, 1.82) is 0 Å². The van der Waals surface area contributed by atoms with Gasteiger partial charge in [-0.25, -0.2) is 4.79 Å². The van der Waals surface area contributed by atoms with Crippen LogP contribution >= 0.6 is 36.3 Å². The summed E-state index contributed by atoms with van der Waals surface area (Å²) in [6.45, 7) is 10.6. The Morgan fingerprint density at radius 1 is 0.818 bits per heavy atom. The summed E-state index contributed by atoms with van der Waals surface area (Å²) >= 11 is 6.93. The first-order valence-corrected chi connectivity index (χ1v) is 21.6. The molecule has 0 saturated carbocycles. The number of carboxylic acids is 2. The van der Waals surface area contributed by atoms with E-state index in [2.05, 4.69) is 25.3 Å². The van der Waals surface area contributed by atoms with Crippen molar-refractivity contribution >= 4 is 80.2 Å². The van der Waals surface area contributed by atoms with Crippen molar-refractivity contribution in [3.63, 3.8) is 0 Å². The van der Waals surface area contributed by atoms with E-state index in [0.717, 1.165) is 42.8 Å². The molecule has 0 fully saturated rings. The molecule has 0 bridgehead atoms. The molecule has 2 atom stereocenters. The third-order valence-corrected chi connectivity index (χ3v) is 8.29. The zero-order chi connectivity index (χ0) is 33.7. The first-order chi connectivity index (χ1) is 20.7. The number of aryl methyl sites for hydroxylation is 2. The van der Waals surface area contributed by atoms with Crippen molar-refractivity contribution in [2.24, 2.45) is 11.8 Å². The molecule has 0 aliphatic rings. The summed E-state index contributed by atoms with van der Waals surface area (Å²) in [5, 5.41) is 19.6. The monoisotopic (exact) mass is 758 g/mol. The maximum atomic E-state index is 12.1. The fourth-order valence-electron chi connectivity index (χ4n) is 3.69. The summed E-state index contributed by atoms with van der Waals surface area (Å²) in [5.41, 5.74) is 2.03. The number of halogens is 1. The van der Waals surface area contributed by atoms with Crippen molar-refractivity contribution in [3.8, 4) is 11.5 Å². The Hall–Kier alpha value is -2.86. The number of aromatic carboxylic acids is 1. The molecule has 0 radical (unpaired) electrons. The molecule has 0 amide bonds. The molecule has 2 aromatic heterocycles. The number of Topliss-reactive ketones (excluding diaryl/α,β-unsaturated/α-hetero) is 1. The topological polar surface area (TPSA) is 136 Å². The summed E-state index contributed by atoms with van der Waals surface area (Å²) in [7, 11) is 4.57. The van der Waals surface area contributed by atoms with Gasteiger partial charge in [-0.15, -0.1) is 22.7 Å². The summed E-state index contributed by atoms with van der Waals surface area (Å²) in [6.07, 6.45) is 0.0261. The Morgan fingerprint density at radius 3 is 1.59 bits per heavy atom. The van der Waals surface area contributed by atoms with Gasteiger partial charge in [0.15, 0.2) is 5.78 Å². The number of aliphatic carboxylic acids is 1. The molecule has 234 valence electrons. The third-order valence-electron chi connectivity index (χ3n) is 6.07. The first-order valence-electron chi connectivity index (χ1n) is 13.1. The van der Waals surface area contributed by atoms with Crippen molar-refractivity contribution in [2.45, 2.75) is 34.1 Å². The summed E-state index contributed by atoms with van der Waals surface area (Å²) in [6, 6.07) is 11.2. The van der Waals surface area contributed by atoms with Crippen molar-refractivity contribution in [3.05, 3.63) is 64.2 Å². The number of carbonyl (C=O) groups excluding carboxylic acids is 2. The van der Waals surface area contributed by atoms with Gasteiger partial charge in [-0.3, -0.25) is 14.4 Å². The van der Waals surface area contributed by atoms with E-state index < -0.39 is 17.9 Å². The molecule has 13 heteroatoms. The van der Waals surface area contributed by atoms with Crippen LogP contribution in [-0.4, -0.2) is 55.2 Å². The van der Waals surface area contributed by atoms with Crippen molar-refractivity contribution in [2.75, 3.05) is 21.3 Å². The number of fused-ring (bicyclic) bond motifs is 2. The van der Waals surface area contributed by atoms with Crippen LogP contribution in [-0.2, 0) is 30.7 Å². The summed E-state index contributed by atoms with van der Waals surface area (Å²) < 4.78 is 16.7. The van der Waals surface area contributed by atoms with Gasteiger partial charge in [0.25, 0.3) is 5.97 Å². The van der Waals surface area contributed by atoms with Crippen LogP contribution in [0.3, 0.4) is 0 Å². The number of esters is 1. The molecule has 0 saturated heterocycles. The van der Waals surface area contributed by atoms with Gasteiger partial charge in [0.05, 0.1) is 32.1 Å². The van der Waals surface area contributed by atoms with Crippen LogP contribution in [0.4, 0.5) is 0 Å². The van der Waals surface area contributed by atoms with Crippen LogP contribution in [0.15, 0.2) is 36.4 Å². The molecule has 2 N–H and O–H groups in total. The fourth-order valence-corrected chi connectivity index (χ4v) is 5.76. The van der Waals surface area contributed by atoms with E-state index in [0.29, 0.717) is 9.75 Å². The number of benzene rings is 2. The minimum absolute atomic E-state index is 0.0261. The molecule has 0 aliphatic heterocycles. The predicted molar refractivity (Wildman–Crippen MR) is 174 cm³/mol. The van der Waals surface area contributed by atoms with Crippen molar-refractivity contribution in [1.82, 2.24) is 0 Å². The number of hydrogen-bond donors (Lipinski definition) is 2. The van der Waals surface area contributed by atoms with Gasteiger partial charge in [-0.05, 0) is 72.1 Å². The van der Waals surface area contributed by atoms with Crippen LogP contribution < -0.4 is 9.47 Å². The molecule has 2 aromatic carbocycles. The second-order valence-corrected chi connectivity index (χ2v) is 11.7. The second kappa shape index (κ2) is 18.8. The van der Waals surface area contributed by atoms with Gasteiger partial charge in [-0.1, -0.05) is 19.8 Å². The molecule has 0 unspecified atom stereocenters. The van der Waals surface area contributed by atoms with Crippen LogP contribution in [0, 0.1) is 32.6 Å². The second-order valence-electron chi connectivity index (χ2n) is 9.54. The number of ether oxygens (including phenoxy) is 3. The Morgan fingerprint density at radius 2 is 1.25 bits per heavy atom. The number of hydrogen-bond acceptors (Lipinski definition) is 9. The van der Waals surface area contributed by atoms with E-state index in [1.165, 1.54) is 46.1 Å². The quantitative estimate of drug-likeness (QED) is 0.0795. The van der Waals surface area contributed by atoms with Gasteiger partial charge in [-0.2, -0.15) is 0 Å². The van der Waals surface area contributed by atoms with Gasteiger partial charge < -0.3 is 31.3 Å². The standard InChI is InChI=1S/C15H16O4S.C11H10O3S.C5H9O2.BrH.Zn/c1-8-5-13-10(6-12(8)19-3)7-14(20-13)11(16)4-9(2)15(17)18;1-6-3-9-7(4-8(6)14-2)5-10(15-9)11(12)13;1-4(2)5(6)7-3;;/h5-7,9H,4H2,1-3H3,(H,17,18);3-5H,1-2H3,(H,12,13);4H,1H2,2-3H3;1H;/q;;-1;;+2/p-1/t9-;;4-;;/m0.1../s1. The van der Waals surface area contributed by atoms with E-state index in [9.17, 15) is 19.2 Å². The summed E-state index contributed by atoms with van der Waals surface area (Å²) in [5.74, 6) is -1.55. The Labute approximate surface area is 281 Å². The van der Waals surface area contributed by atoms with Crippen LogP contribution in [0.25, 0.3) is 20.2 Å². The van der Waals surface area contributed by atoms with Crippen LogP contribution in [0.1, 0.15) is 50.7 Å². The average Bonchev–Trinajstić information content (AvgIpc) is 3.61. The number of carbonyl (C=O) groups is 4. The van der Waals surface area contributed by atoms with Crippen LogP contribution in [0.5, 0.6) is 11.5 Å². The maximum absolute atomic E-state index is 12.1. The van der Waals surface area contributed by atoms with E-state index in [1.54, 1.807) is 40.2 Å². The molecule has 44 heavy (non-hydrogen) atoms. The molecular formula is C31H35BrO9S2Zn. The first kappa shape index (κ1) is 39.2. The predicted octanol–water partition coefficient (Wildman–Crippen LogP) is 7.90. The number of thiophene rings is 2. The molecule has 0 aliphatic carbocycles. The Bertz CT molecular complexity index is 1590. The molecule has 0 spiro atoms. The molecule has 4 rings (SSSR count). The van der Waals surface area contributed by atoms with Gasteiger partial charge in [0.1, 0.15) is 16.4 Å². The van der Waals surface area contributed by atoms with Gasteiger partial charge >= 0.3 is 41.9 Å². The van der Waals surface area contributed by atoms with E-state index in [-0.39, 0.29) is 24.1 Å². The Balaban J connectivity index is 0.000000355. The SMILES string of the molecule is COc1cc2cc(C(=O)C[C@H](C)C(=O)O)sc2cc1C.COc1cc2cc(C(=O)O)sc2cc1C.[CH2-][C@H](C)C(=O)OC.[Zn+][Br]. The third kappa shape index (κ3) is 11.3. The number of methoxy groups -OCH3 is 3. The van der Waals surface area contributed by atoms with Gasteiger partial charge in [0.2, 0.25) is 0 Å². The van der Waals surface area contributed by atoms with Gasteiger partial charge in [0, 0.05) is 15.8 Å². The Kier molecular flexibility index (Phi) is 16.8. The van der Waals surface area contributed by atoms with Crippen LogP contribution in [0.2, 0.25) is 0 Å². The van der Waals surface area contributed by atoms with E-state index in [4.69, 9.17) is 19.7 Å². The average molecular weight is 761 g/mol. The fraction of sp³-hybridized carbons (Fsp3) is 0.323. The van der Waals surface area contributed by atoms with E-state index in [1.807, 2.05) is 38.1 Å². The molecular weight excluding hydrogens is 726 g/mol. The number of rotatable bonds is 8. The van der Waals surface area contributed by atoms with Crippen molar-refractivity contribution < 1.29 is 59.9 Å². The molecule has 9 nitrogen and oxygen atoms in total.